The van der Waals surface area contributed by atoms with Crippen molar-refractivity contribution in [3.63, 3.8) is 0 Å². The lowest BCUT2D eigenvalue weighted by Gasteiger charge is -2.32. The van der Waals surface area contributed by atoms with E-state index in [-0.39, 0.29) is 5.91 Å². The average molecular weight is 457 g/mol. The molecule has 1 saturated heterocycles. The van der Waals surface area contributed by atoms with Crippen LogP contribution < -0.4 is 4.74 Å². The van der Waals surface area contributed by atoms with E-state index in [1.54, 1.807) is 18.4 Å². The summed E-state index contributed by atoms with van der Waals surface area (Å²) >= 11 is 3.11. The SMILES string of the molecule is COc1ccc(CCC2CCN(C(=O)CSc3nnc(-c4cccs4)n3C)CC2)cc1. The van der Waals surface area contributed by atoms with Gasteiger partial charge in [0, 0.05) is 20.1 Å². The zero-order chi connectivity index (χ0) is 21.6. The van der Waals surface area contributed by atoms with Crippen LogP contribution in [0.3, 0.4) is 0 Å². The van der Waals surface area contributed by atoms with Gasteiger partial charge in [-0.15, -0.1) is 21.5 Å². The summed E-state index contributed by atoms with van der Waals surface area (Å²) < 4.78 is 7.19. The molecule has 3 aromatic rings. The fourth-order valence-electron chi connectivity index (χ4n) is 3.91. The van der Waals surface area contributed by atoms with E-state index >= 15 is 0 Å². The number of hydrogen-bond donors (Lipinski definition) is 0. The first kappa shape index (κ1) is 21.9. The molecular formula is C23H28N4O2S2. The molecule has 0 aliphatic carbocycles. The first-order valence-corrected chi connectivity index (χ1v) is 12.5. The number of carbonyl (C=O) groups excluding carboxylic acids is 1. The third-order valence-electron chi connectivity index (χ3n) is 5.87. The summed E-state index contributed by atoms with van der Waals surface area (Å²) in [5, 5.41) is 11.4. The second-order valence-corrected chi connectivity index (χ2v) is 9.73. The van der Waals surface area contributed by atoms with Gasteiger partial charge in [-0.1, -0.05) is 30.0 Å². The van der Waals surface area contributed by atoms with Gasteiger partial charge in [0.25, 0.3) is 0 Å². The molecule has 0 unspecified atom stereocenters. The van der Waals surface area contributed by atoms with E-state index in [9.17, 15) is 4.79 Å². The number of aryl methyl sites for hydroxylation is 1. The predicted molar refractivity (Wildman–Crippen MR) is 126 cm³/mol. The topological polar surface area (TPSA) is 60.2 Å². The van der Waals surface area contributed by atoms with E-state index in [4.69, 9.17) is 4.74 Å². The van der Waals surface area contributed by atoms with Crippen LogP contribution in [0.1, 0.15) is 24.8 Å². The van der Waals surface area contributed by atoms with Crippen LogP contribution in [0.15, 0.2) is 46.9 Å². The summed E-state index contributed by atoms with van der Waals surface area (Å²) in [6.45, 7) is 1.71. The minimum absolute atomic E-state index is 0.194. The van der Waals surface area contributed by atoms with Crippen molar-refractivity contribution in [3.8, 4) is 16.5 Å². The molecule has 1 aliphatic rings. The Labute approximate surface area is 191 Å². The number of likely N-dealkylation sites (tertiary alicyclic amines) is 1. The summed E-state index contributed by atoms with van der Waals surface area (Å²) in [4.78, 5) is 15.8. The van der Waals surface area contributed by atoms with Gasteiger partial charge in [-0.2, -0.15) is 0 Å². The van der Waals surface area contributed by atoms with Gasteiger partial charge < -0.3 is 14.2 Å². The first-order valence-electron chi connectivity index (χ1n) is 10.6. The van der Waals surface area contributed by atoms with Crippen molar-refractivity contribution in [1.82, 2.24) is 19.7 Å². The molecule has 1 aromatic carbocycles. The minimum Gasteiger partial charge on any atom is -0.497 e. The van der Waals surface area contributed by atoms with Gasteiger partial charge in [-0.3, -0.25) is 4.79 Å². The molecule has 164 valence electrons. The predicted octanol–water partition coefficient (Wildman–Crippen LogP) is 4.52. The molecule has 0 bridgehead atoms. The van der Waals surface area contributed by atoms with Gasteiger partial charge in [0.1, 0.15) is 5.75 Å². The zero-order valence-corrected chi connectivity index (χ0v) is 19.6. The lowest BCUT2D eigenvalue weighted by Crippen LogP contribution is -2.39. The standard InChI is InChI=1S/C23H28N4O2S2/c1-26-22(20-4-3-15-30-20)24-25-23(26)31-16-21(28)27-13-11-18(12-14-27)6-5-17-7-9-19(29-2)10-8-17/h3-4,7-10,15,18H,5-6,11-14,16H2,1-2H3. The van der Waals surface area contributed by atoms with Crippen molar-refractivity contribution < 1.29 is 9.53 Å². The van der Waals surface area contributed by atoms with Crippen LogP contribution in [-0.4, -0.2) is 51.5 Å². The van der Waals surface area contributed by atoms with Gasteiger partial charge in [-0.05, 0) is 60.7 Å². The van der Waals surface area contributed by atoms with Crippen LogP contribution in [0.4, 0.5) is 0 Å². The maximum atomic E-state index is 12.7. The summed E-state index contributed by atoms with van der Waals surface area (Å²) in [5.41, 5.74) is 1.35. The summed E-state index contributed by atoms with van der Waals surface area (Å²) in [5.74, 6) is 3.04. The average Bonchev–Trinajstić information content (AvgIpc) is 3.46. The van der Waals surface area contributed by atoms with Gasteiger partial charge in [0.05, 0.1) is 17.7 Å². The number of methoxy groups -OCH3 is 1. The van der Waals surface area contributed by atoms with Crippen molar-refractivity contribution in [2.75, 3.05) is 26.0 Å². The highest BCUT2D eigenvalue weighted by Gasteiger charge is 2.23. The van der Waals surface area contributed by atoms with Gasteiger partial charge >= 0.3 is 0 Å². The monoisotopic (exact) mass is 456 g/mol. The highest BCUT2D eigenvalue weighted by molar-refractivity contribution is 7.99. The number of rotatable bonds is 8. The molecule has 3 heterocycles. The van der Waals surface area contributed by atoms with Crippen molar-refractivity contribution >= 4 is 29.0 Å². The molecular weight excluding hydrogens is 428 g/mol. The van der Waals surface area contributed by atoms with Gasteiger partial charge in [0.15, 0.2) is 11.0 Å². The van der Waals surface area contributed by atoms with Crippen LogP contribution in [0.5, 0.6) is 5.75 Å². The van der Waals surface area contributed by atoms with Gasteiger partial charge in [-0.25, -0.2) is 0 Å². The number of aromatic nitrogens is 3. The van der Waals surface area contributed by atoms with Crippen LogP contribution in [0.2, 0.25) is 0 Å². The largest absolute Gasteiger partial charge is 0.497 e. The number of benzene rings is 1. The molecule has 0 atom stereocenters. The third-order valence-corrected chi connectivity index (χ3v) is 7.74. The molecule has 31 heavy (non-hydrogen) atoms. The Balaban J connectivity index is 1.20. The van der Waals surface area contributed by atoms with Crippen LogP contribution in [0.25, 0.3) is 10.7 Å². The Morgan fingerprint density at radius 2 is 1.97 bits per heavy atom. The molecule has 6 nitrogen and oxygen atoms in total. The summed E-state index contributed by atoms with van der Waals surface area (Å²) in [7, 11) is 3.65. The van der Waals surface area contributed by atoms with Crippen LogP contribution >= 0.6 is 23.1 Å². The van der Waals surface area contributed by atoms with E-state index in [1.165, 1.54) is 23.7 Å². The van der Waals surface area contributed by atoms with Crippen molar-refractivity contribution in [1.29, 1.82) is 0 Å². The number of amides is 1. The number of nitrogens with zero attached hydrogens (tertiary/aromatic N) is 4. The fourth-order valence-corrected chi connectivity index (χ4v) is 5.47. The van der Waals surface area contributed by atoms with E-state index in [0.29, 0.717) is 11.7 Å². The number of piperidine rings is 1. The molecule has 4 rings (SSSR count). The summed E-state index contributed by atoms with van der Waals surface area (Å²) in [6.07, 6.45) is 4.42. The molecule has 0 radical (unpaired) electrons. The Morgan fingerprint density at radius 1 is 1.19 bits per heavy atom. The van der Waals surface area contributed by atoms with E-state index < -0.39 is 0 Å². The minimum atomic E-state index is 0.194. The lowest BCUT2D eigenvalue weighted by molar-refractivity contribution is -0.129. The van der Waals surface area contributed by atoms with E-state index in [0.717, 1.165) is 54.0 Å². The molecule has 0 spiro atoms. The number of carbonyl (C=O) groups is 1. The van der Waals surface area contributed by atoms with Crippen molar-refractivity contribution in [2.45, 2.75) is 30.8 Å². The van der Waals surface area contributed by atoms with E-state index in [1.807, 2.05) is 46.2 Å². The normalized spacial score (nSPS) is 14.7. The fraction of sp³-hybridized carbons (Fsp3) is 0.435. The lowest BCUT2D eigenvalue weighted by atomic mass is 9.90. The number of hydrogen-bond acceptors (Lipinski definition) is 6. The van der Waals surface area contributed by atoms with Crippen molar-refractivity contribution in [2.24, 2.45) is 13.0 Å². The Kier molecular flexibility index (Phi) is 7.29. The maximum absolute atomic E-state index is 12.7. The molecule has 0 saturated carbocycles. The molecule has 1 amide bonds. The quantitative estimate of drug-likeness (QED) is 0.467. The second kappa shape index (κ2) is 10.3. The number of thiophene rings is 1. The van der Waals surface area contributed by atoms with E-state index in [2.05, 4.69) is 22.3 Å². The molecule has 0 N–H and O–H groups in total. The summed E-state index contributed by atoms with van der Waals surface area (Å²) in [6, 6.07) is 12.4. The number of ether oxygens (including phenoxy) is 1. The molecule has 8 heteroatoms. The van der Waals surface area contributed by atoms with Crippen LogP contribution in [0, 0.1) is 5.92 Å². The molecule has 2 aromatic heterocycles. The second-order valence-electron chi connectivity index (χ2n) is 7.84. The number of thioether (sulfide) groups is 1. The highest BCUT2D eigenvalue weighted by atomic mass is 32.2. The van der Waals surface area contributed by atoms with Crippen LogP contribution in [-0.2, 0) is 18.3 Å². The smallest absolute Gasteiger partial charge is 0.233 e. The van der Waals surface area contributed by atoms with Crippen molar-refractivity contribution in [3.05, 3.63) is 47.3 Å². The Bertz CT molecular complexity index is 978. The zero-order valence-electron chi connectivity index (χ0n) is 18.0. The molecule has 1 fully saturated rings. The highest BCUT2D eigenvalue weighted by Crippen LogP contribution is 2.27. The Hall–Kier alpha value is -2.32. The maximum Gasteiger partial charge on any atom is 0.233 e. The molecule has 1 aliphatic heterocycles. The first-order chi connectivity index (χ1) is 15.1. The van der Waals surface area contributed by atoms with Gasteiger partial charge in [0.2, 0.25) is 5.91 Å². The third kappa shape index (κ3) is 5.49. The Morgan fingerprint density at radius 3 is 2.65 bits per heavy atom.